The Kier molecular flexibility index (Phi) is 4.88. The summed E-state index contributed by atoms with van der Waals surface area (Å²) in [5.74, 6) is 0.450. The van der Waals surface area contributed by atoms with Gasteiger partial charge in [0.2, 0.25) is 0 Å². The maximum absolute atomic E-state index is 12.8. The van der Waals surface area contributed by atoms with Crippen molar-refractivity contribution in [3.63, 3.8) is 0 Å². The number of furan rings is 1. The lowest BCUT2D eigenvalue weighted by Crippen LogP contribution is -2.40. The first kappa shape index (κ1) is 17.6. The fraction of sp³-hybridized carbons (Fsp3) is 0.421. The first-order chi connectivity index (χ1) is 11.8. The summed E-state index contributed by atoms with van der Waals surface area (Å²) in [7, 11) is 0. The van der Waals surface area contributed by atoms with E-state index < -0.39 is 11.7 Å². The van der Waals surface area contributed by atoms with Crippen molar-refractivity contribution in [1.29, 1.82) is 0 Å². The molecule has 0 spiro atoms. The van der Waals surface area contributed by atoms with Crippen LogP contribution in [0.2, 0.25) is 0 Å². The van der Waals surface area contributed by atoms with Crippen LogP contribution in [0.1, 0.15) is 48.7 Å². The first-order valence-electron chi connectivity index (χ1n) is 8.43. The van der Waals surface area contributed by atoms with Crippen molar-refractivity contribution in [2.75, 3.05) is 0 Å². The molecule has 1 aromatic heterocycles. The third-order valence-corrected chi connectivity index (χ3v) is 4.73. The molecule has 1 aliphatic rings. The number of alkyl halides is 3. The van der Waals surface area contributed by atoms with E-state index in [1.807, 2.05) is 0 Å². The number of amides is 1. The lowest BCUT2D eigenvalue weighted by Gasteiger charge is -2.29. The molecule has 1 N–H and O–H groups in total. The monoisotopic (exact) mass is 351 g/mol. The number of halogens is 3. The minimum Gasteiger partial charge on any atom is -0.451 e. The summed E-state index contributed by atoms with van der Waals surface area (Å²) in [5, 5.41) is 2.97. The number of hydrogen-bond acceptors (Lipinski definition) is 2. The number of carbonyl (C=O) groups excluding carboxylic acids is 1. The van der Waals surface area contributed by atoms with Crippen molar-refractivity contribution in [1.82, 2.24) is 5.32 Å². The molecule has 2 aromatic rings. The Morgan fingerprint density at radius 1 is 1.16 bits per heavy atom. The van der Waals surface area contributed by atoms with Crippen LogP contribution in [0.3, 0.4) is 0 Å². The lowest BCUT2D eigenvalue weighted by molar-refractivity contribution is -0.137. The standard InChI is InChI=1S/C19H20F3NO2/c1-12-5-2-3-8-15(12)23-18(24)17-10-9-16(25-17)13-6-4-7-14(11-13)19(20,21)22/h4,6-7,9-12,15H,2-3,5,8H2,1H3,(H,23,24). The summed E-state index contributed by atoms with van der Waals surface area (Å²) >= 11 is 0. The summed E-state index contributed by atoms with van der Waals surface area (Å²) in [6.07, 6.45) is -0.135. The molecule has 1 aliphatic carbocycles. The Morgan fingerprint density at radius 3 is 2.64 bits per heavy atom. The molecule has 1 heterocycles. The van der Waals surface area contributed by atoms with Gasteiger partial charge in [0.05, 0.1) is 5.56 Å². The second-order valence-corrected chi connectivity index (χ2v) is 6.58. The van der Waals surface area contributed by atoms with Gasteiger partial charge in [0.1, 0.15) is 5.76 Å². The zero-order chi connectivity index (χ0) is 18.0. The van der Waals surface area contributed by atoms with E-state index in [1.165, 1.54) is 30.7 Å². The van der Waals surface area contributed by atoms with E-state index in [-0.39, 0.29) is 23.5 Å². The van der Waals surface area contributed by atoms with Gasteiger partial charge in [-0.15, -0.1) is 0 Å². The molecule has 2 atom stereocenters. The molecule has 1 aromatic carbocycles. The van der Waals surface area contributed by atoms with E-state index in [1.54, 1.807) is 0 Å². The van der Waals surface area contributed by atoms with Gasteiger partial charge in [0.25, 0.3) is 5.91 Å². The third-order valence-electron chi connectivity index (χ3n) is 4.73. The van der Waals surface area contributed by atoms with Gasteiger partial charge in [0.15, 0.2) is 5.76 Å². The first-order valence-corrected chi connectivity index (χ1v) is 8.43. The van der Waals surface area contributed by atoms with Crippen LogP contribution in [0.5, 0.6) is 0 Å². The van der Waals surface area contributed by atoms with Gasteiger partial charge >= 0.3 is 6.18 Å². The van der Waals surface area contributed by atoms with Gasteiger partial charge in [-0.3, -0.25) is 4.79 Å². The van der Waals surface area contributed by atoms with E-state index in [4.69, 9.17) is 4.42 Å². The summed E-state index contributed by atoms with van der Waals surface area (Å²) in [5.41, 5.74) is -0.455. The molecule has 0 radical (unpaired) electrons. The van der Waals surface area contributed by atoms with Gasteiger partial charge in [-0.05, 0) is 43.0 Å². The fourth-order valence-electron chi connectivity index (χ4n) is 3.23. The Labute approximate surface area is 144 Å². The van der Waals surface area contributed by atoms with Crippen molar-refractivity contribution in [3.8, 4) is 11.3 Å². The topological polar surface area (TPSA) is 42.2 Å². The molecule has 25 heavy (non-hydrogen) atoms. The number of hydrogen-bond donors (Lipinski definition) is 1. The Morgan fingerprint density at radius 2 is 1.92 bits per heavy atom. The minimum absolute atomic E-state index is 0.114. The predicted octanol–water partition coefficient (Wildman–Crippen LogP) is 5.27. The molecule has 0 aliphatic heterocycles. The minimum atomic E-state index is -4.42. The average Bonchev–Trinajstić information content (AvgIpc) is 3.06. The number of nitrogens with one attached hydrogen (secondary N) is 1. The molecule has 1 amide bonds. The molecule has 2 unspecified atom stereocenters. The summed E-state index contributed by atoms with van der Waals surface area (Å²) in [6.45, 7) is 2.11. The second-order valence-electron chi connectivity index (χ2n) is 6.58. The number of benzene rings is 1. The van der Waals surface area contributed by atoms with Gasteiger partial charge in [-0.25, -0.2) is 0 Å². The van der Waals surface area contributed by atoms with Crippen LogP contribution < -0.4 is 5.32 Å². The van der Waals surface area contributed by atoms with Gasteiger partial charge < -0.3 is 9.73 Å². The highest BCUT2D eigenvalue weighted by Gasteiger charge is 2.31. The van der Waals surface area contributed by atoms with Crippen molar-refractivity contribution in [3.05, 3.63) is 47.7 Å². The quantitative estimate of drug-likeness (QED) is 0.818. The van der Waals surface area contributed by atoms with E-state index >= 15 is 0 Å². The van der Waals surface area contributed by atoms with Crippen LogP contribution in [0.4, 0.5) is 13.2 Å². The third kappa shape index (κ3) is 4.06. The van der Waals surface area contributed by atoms with Crippen LogP contribution in [-0.4, -0.2) is 11.9 Å². The van der Waals surface area contributed by atoms with Gasteiger partial charge in [-0.1, -0.05) is 31.9 Å². The van der Waals surface area contributed by atoms with Crippen molar-refractivity contribution < 1.29 is 22.4 Å². The fourth-order valence-corrected chi connectivity index (χ4v) is 3.23. The summed E-state index contributed by atoms with van der Waals surface area (Å²) in [4.78, 5) is 12.3. The summed E-state index contributed by atoms with van der Waals surface area (Å²) in [6, 6.07) is 8.01. The molecule has 3 rings (SSSR count). The lowest BCUT2D eigenvalue weighted by atomic mass is 9.86. The van der Waals surface area contributed by atoms with E-state index in [0.29, 0.717) is 11.5 Å². The molecule has 3 nitrogen and oxygen atoms in total. The highest BCUT2D eigenvalue weighted by molar-refractivity contribution is 5.92. The SMILES string of the molecule is CC1CCCCC1NC(=O)c1ccc(-c2cccc(C(F)(F)F)c2)o1. The molecule has 134 valence electrons. The normalized spacial score (nSPS) is 21.1. The molecule has 1 fully saturated rings. The Bertz CT molecular complexity index is 751. The van der Waals surface area contributed by atoms with Crippen LogP contribution in [0.25, 0.3) is 11.3 Å². The van der Waals surface area contributed by atoms with Crippen LogP contribution in [0, 0.1) is 5.92 Å². The van der Waals surface area contributed by atoms with E-state index in [9.17, 15) is 18.0 Å². The zero-order valence-corrected chi connectivity index (χ0v) is 13.9. The van der Waals surface area contributed by atoms with E-state index in [0.717, 1.165) is 31.4 Å². The van der Waals surface area contributed by atoms with Crippen molar-refractivity contribution >= 4 is 5.91 Å². The average molecular weight is 351 g/mol. The largest absolute Gasteiger partial charge is 0.451 e. The molecule has 1 saturated carbocycles. The maximum atomic E-state index is 12.8. The highest BCUT2D eigenvalue weighted by atomic mass is 19.4. The van der Waals surface area contributed by atoms with Crippen molar-refractivity contribution in [2.45, 2.75) is 44.8 Å². The molecular weight excluding hydrogens is 331 g/mol. The Hall–Kier alpha value is -2.24. The second kappa shape index (κ2) is 6.94. The number of rotatable bonds is 3. The van der Waals surface area contributed by atoms with Crippen LogP contribution in [0.15, 0.2) is 40.8 Å². The molecular formula is C19H20F3NO2. The van der Waals surface area contributed by atoms with E-state index in [2.05, 4.69) is 12.2 Å². The van der Waals surface area contributed by atoms with Gasteiger partial charge in [0, 0.05) is 11.6 Å². The Balaban J connectivity index is 1.75. The van der Waals surface area contributed by atoms with Crippen LogP contribution in [-0.2, 0) is 6.18 Å². The zero-order valence-electron chi connectivity index (χ0n) is 13.9. The predicted molar refractivity (Wildman–Crippen MR) is 88.0 cm³/mol. The van der Waals surface area contributed by atoms with Crippen molar-refractivity contribution in [2.24, 2.45) is 5.92 Å². The smallest absolute Gasteiger partial charge is 0.416 e. The highest BCUT2D eigenvalue weighted by Crippen LogP contribution is 2.32. The summed E-state index contributed by atoms with van der Waals surface area (Å²) < 4.78 is 44.0. The number of carbonyl (C=O) groups is 1. The van der Waals surface area contributed by atoms with Crippen LogP contribution >= 0.6 is 0 Å². The molecule has 0 saturated heterocycles. The molecule has 6 heteroatoms. The molecule has 0 bridgehead atoms. The van der Waals surface area contributed by atoms with Gasteiger partial charge in [-0.2, -0.15) is 13.2 Å². The maximum Gasteiger partial charge on any atom is 0.416 e.